The third-order valence-electron chi connectivity index (χ3n) is 3.49. The molecule has 20 heavy (non-hydrogen) atoms. The molecule has 0 spiro atoms. The first-order valence-electron chi connectivity index (χ1n) is 6.93. The molecule has 0 bridgehead atoms. The Bertz CT molecular complexity index is 485. The zero-order valence-electron chi connectivity index (χ0n) is 11.2. The van der Waals surface area contributed by atoms with Crippen LogP contribution in [0.5, 0.6) is 5.75 Å². The fourth-order valence-corrected chi connectivity index (χ4v) is 2.10. The number of nitrogens with zero attached hydrogens (tertiary/aromatic N) is 1. The standard InChI is InChI=1S/C15H17NO4/c1-3-12(17-9-15-10-20-15)4-2-11(1)16(5-13-7-18-13)6-14-8-19-14/h1-4,9,13-14H,5-8,10H2/b15-9-. The van der Waals surface area contributed by atoms with Gasteiger partial charge in [0.2, 0.25) is 0 Å². The fourth-order valence-electron chi connectivity index (χ4n) is 2.10. The van der Waals surface area contributed by atoms with Crippen LogP contribution in [0.2, 0.25) is 0 Å². The molecule has 5 heteroatoms. The quantitative estimate of drug-likeness (QED) is 0.558. The molecule has 3 aliphatic heterocycles. The van der Waals surface area contributed by atoms with Crippen molar-refractivity contribution in [3.05, 3.63) is 36.3 Å². The molecule has 0 aliphatic carbocycles. The van der Waals surface area contributed by atoms with Gasteiger partial charge in [-0.1, -0.05) is 0 Å². The lowest BCUT2D eigenvalue weighted by molar-refractivity contribution is 0.389. The van der Waals surface area contributed by atoms with E-state index in [2.05, 4.69) is 17.0 Å². The summed E-state index contributed by atoms with van der Waals surface area (Å²) in [6, 6.07) is 8.10. The normalized spacial score (nSPS) is 27.9. The van der Waals surface area contributed by atoms with E-state index in [1.165, 1.54) is 5.69 Å². The van der Waals surface area contributed by atoms with Gasteiger partial charge >= 0.3 is 0 Å². The monoisotopic (exact) mass is 275 g/mol. The summed E-state index contributed by atoms with van der Waals surface area (Å²) < 4.78 is 21.1. The summed E-state index contributed by atoms with van der Waals surface area (Å²) in [6.45, 7) is 4.29. The summed E-state index contributed by atoms with van der Waals surface area (Å²) in [5, 5.41) is 0. The predicted molar refractivity (Wildman–Crippen MR) is 72.8 cm³/mol. The van der Waals surface area contributed by atoms with Gasteiger partial charge in [-0.15, -0.1) is 0 Å². The molecule has 5 nitrogen and oxygen atoms in total. The van der Waals surface area contributed by atoms with E-state index in [4.69, 9.17) is 18.9 Å². The lowest BCUT2D eigenvalue weighted by atomic mass is 10.2. The van der Waals surface area contributed by atoms with Crippen LogP contribution in [0.4, 0.5) is 5.69 Å². The number of epoxide rings is 3. The van der Waals surface area contributed by atoms with Gasteiger partial charge in [-0.05, 0) is 24.3 Å². The van der Waals surface area contributed by atoms with Crippen molar-refractivity contribution in [1.29, 1.82) is 0 Å². The summed E-state index contributed by atoms with van der Waals surface area (Å²) in [5.74, 6) is 1.72. The van der Waals surface area contributed by atoms with Crippen molar-refractivity contribution in [2.24, 2.45) is 0 Å². The Labute approximate surface area is 117 Å². The second-order valence-corrected chi connectivity index (χ2v) is 5.30. The molecule has 3 fully saturated rings. The van der Waals surface area contributed by atoms with Crippen LogP contribution in [0.3, 0.4) is 0 Å². The molecule has 0 amide bonds. The molecule has 0 N–H and O–H groups in total. The van der Waals surface area contributed by atoms with Crippen molar-refractivity contribution >= 4 is 5.69 Å². The van der Waals surface area contributed by atoms with Crippen LogP contribution in [0.15, 0.2) is 36.3 Å². The first-order valence-corrected chi connectivity index (χ1v) is 6.93. The smallest absolute Gasteiger partial charge is 0.169 e. The zero-order chi connectivity index (χ0) is 13.4. The number of hydrogen-bond acceptors (Lipinski definition) is 5. The number of hydrogen-bond donors (Lipinski definition) is 0. The molecule has 0 aromatic heterocycles. The van der Waals surface area contributed by atoms with Crippen molar-refractivity contribution in [2.75, 3.05) is 37.8 Å². The molecular weight excluding hydrogens is 258 g/mol. The van der Waals surface area contributed by atoms with Crippen LogP contribution >= 0.6 is 0 Å². The minimum atomic E-state index is 0.376. The molecule has 1 aromatic carbocycles. The number of rotatable bonds is 7. The minimum Gasteiger partial charge on any atom is -0.483 e. The van der Waals surface area contributed by atoms with E-state index in [0.717, 1.165) is 37.8 Å². The van der Waals surface area contributed by atoms with Gasteiger partial charge in [-0.2, -0.15) is 0 Å². The first-order chi connectivity index (χ1) is 9.87. The molecule has 1 aromatic rings. The van der Waals surface area contributed by atoms with Gasteiger partial charge in [-0.25, -0.2) is 0 Å². The van der Waals surface area contributed by atoms with E-state index < -0.39 is 0 Å². The predicted octanol–water partition coefficient (Wildman–Crippen LogP) is 1.54. The second-order valence-electron chi connectivity index (χ2n) is 5.30. The van der Waals surface area contributed by atoms with Gasteiger partial charge in [0, 0.05) is 18.8 Å². The van der Waals surface area contributed by atoms with Crippen LogP contribution in [0, 0.1) is 0 Å². The van der Waals surface area contributed by atoms with Gasteiger partial charge in [0.05, 0.1) is 25.4 Å². The highest BCUT2D eigenvalue weighted by molar-refractivity contribution is 5.49. The summed E-state index contributed by atoms with van der Waals surface area (Å²) in [5.41, 5.74) is 1.18. The van der Waals surface area contributed by atoms with Crippen LogP contribution in [0.1, 0.15) is 0 Å². The topological polar surface area (TPSA) is 50.1 Å². The van der Waals surface area contributed by atoms with E-state index in [1.807, 2.05) is 12.1 Å². The molecule has 4 rings (SSSR count). The molecule has 0 saturated carbocycles. The van der Waals surface area contributed by atoms with Gasteiger partial charge in [-0.3, -0.25) is 0 Å². The maximum absolute atomic E-state index is 5.50. The van der Waals surface area contributed by atoms with Crippen molar-refractivity contribution < 1.29 is 18.9 Å². The average molecular weight is 275 g/mol. The second kappa shape index (κ2) is 5.00. The Morgan fingerprint density at radius 3 is 2.20 bits per heavy atom. The third kappa shape index (κ3) is 3.23. The van der Waals surface area contributed by atoms with Gasteiger partial charge < -0.3 is 23.8 Å². The Hall–Kier alpha value is -1.72. The highest BCUT2D eigenvalue weighted by Crippen LogP contribution is 2.25. The molecule has 106 valence electrons. The summed E-state index contributed by atoms with van der Waals surface area (Å²) in [4.78, 5) is 2.32. The van der Waals surface area contributed by atoms with Crippen molar-refractivity contribution in [2.45, 2.75) is 12.2 Å². The van der Waals surface area contributed by atoms with Crippen molar-refractivity contribution in [3.8, 4) is 5.75 Å². The molecule has 3 saturated heterocycles. The van der Waals surface area contributed by atoms with E-state index in [9.17, 15) is 0 Å². The molecule has 3 heterocycles. The van der Waals surface area contributed by atoms with E-state index in [1.54, 1.807) is 6.26 Å². The van der Waals surface area contributed by atoms with Crippen molar-refractivity contribution in [3.63, 3.8) is 0 Å². The van der Waals surface area contributed by atoms with E-state index >= 15 is 0 Å². The van der Waals surface area contributed by atoms with E-state index in [0.29, 0.717) is 18.8 Å². The molecule has 2 atom stereocenters. The molecule has 3 aliphatic rings. The number of anilines is 1. The maximum atomic E-state index is 5.50. The van der Waals surface area contributed by atoms with Crippen LogP contribution < -0.4 is 9.64 Å². The van der Waals surface area contributed by atoms with Crippen LogP contribution in [-0.2, 0) is 14.2 Å². The minimum absolute atomic E-state index is 0.376. The van der Waals surface area contributed by atoms with Crippen LogP contribution in [-0.4, -0.2) is 45.1 Å². The molecular formula is C15H17NO4. The summed E-state index contributed by atoms with van der Waals surface area (Å²) in [6.07, 6.45) is 2.41. The lowest BCUT2D eigenvalue weighted by Gasteiger charge is -2.23. The zero-order valence-corrected chi connectivity index (χ0v) is 11.2. The lowest BCUT2D eigenvalue weighted by Crippen LogP contribution is -2.31. The van der Waals surface area contributed by atoms with Gasteiger partial charge in [0.25, 0.3) is 0 Å². The Balaban J connectivity index is 1.42. The van der Waals surface area contributed by atoms with E-state index in [-0.39, 0.29) is 0 Å². The number of benzene rings is 1. The fraction of sp³-hybridized carbons (Fsp3) is 0.467. The Kier molecular flexibility index (Phi) is 3.01. The maximum Gasteiger partial charge on any atom is 0.169 e. The Morgan fingerprint density at radius 2 is 1.70 bits per heavy atom. The Morgan fingerprint density at radius 1 is 1.10 bits per heavy atom. The van der Waals surface area contributed by atoms with Crippen LogP contribution in [0.25, 0.3) is 0 Å². The third-order valence-corrected chi connectivity index (χ3v) is 3.49. The molecule has 0 radical (unpaired) electrons. The number of ether oxygens (including phenoxy) is 4. The highest BCUT2D eigenvalue weighted by atomic mass is 16.6. The average Bonchev–Trinajstić information content (AvgIpc) is 3.32. The highest BCUT2D eigenvalue weighted by Gasteiger charge is 2.30. The van der Waals surface area contributed by atoms with Crippen molar-refractivity contribution in [1.82, 2.24) is 0 Å². The van der Waals surface area contributed by atoms with Gasteiger partial charge in [0.1, 0.15) is 18.6 Å². The SMILES string of the molecule is C(/Oc1ccc(N(CC2CO2)CC2CO2)cc1)=C1\CO1. The summed E-state index contributed by atoms with van der Waals surface area (Å²) >= 11 is 0. The first kappa shape index (κ1) is 12.1. The molecule has 2 unspecified atom stereocenters. The summed E-state index contributed by atoms with van der Waals surface area (Å²) in [7, 11) is 0. The van der Waals surface area contributed by atoms with Gasteiger partial charge in [0.15, 0.2) is 5.76 Å². The largest absolute Gasteiger partial charge is 0.483 e.